The molecule has 18 heavy (non-hydrogen) atoms. The molecule has 0 bridgehead atoms. The van der Waals surface area contributed by atoms with Crippen molar-refractivity contribution in [2.75, 3.05) is 13.1 Å². The molecule has 0 saturated carbocycles. The fourth-order valence-electron chi connectivity index (χ4n) is 2.40. The van der Waals surface area contributed by atoms with Gasteiger partial charge in [-0.3, -0.25) is 0 Å². The Balaban J connectivity index is 2.09. The van der Waals surface area contributed by atoms with Gasteiger partial charge in [0.25, 0.3) is 0 Å². The number of hydrogen-bond acceptors (Lipinski definition) is 2. The second kappa shape index (κ2) is 5.59. The van der Waals surface area contributed by atoms with Crippen LogP contribution in [0.5, 0.6) is 0 Å². The van der Waals surface area contributed by atoms with E-state index in [1.807, 2.05) is 6.07 Å². The summed E-state index contributed by atoms with van der Waals surface area (Å²) in [5.74, 6) is -0.0617. The maximum absolute atomic E-state index is 10.9. The second-order valence-electron chi connectivity index (χ2n) is 4.63. The van der Waals surface area contributed by atoms with Crippen molar-refractivity contribution < 1.29 is 15.0 Å². The molecule has 98 valence electrons. The molecule has 1 aliphatic heterocycles. The Hall–Kier alpha value is -1.26. The number of amides is 1. The molecule has 0 aromatic heterocycles. The largest absolute Gasteiger partial charge is 0.465 e. The summed E-state index contributed by atoms with van der Waals surface area (Å²) in [6.07, 6.45) is 0.0373. The monoisotopic (exact) mass is 269 g/mol. The number of aliphatic hydroxyl groups excluding tert-OH is 1. The summed E-state index contributed by atoms with van der Waals surface area (Å²) >= 11 is 5.89. The minimum atomic E-state index is -0.919. The van der Waals surface area contributed by atoms with Crippen LogP contribution in [0.15, 0.2) is 24.3 Å². The maximum Gasteiger partial charge on any atom is 0.407 e. The zero-order chi connectivity index (χ0) is 13.1. The molecule has 1 fully saturated rings. The van der Waals surface area contributed by atoms with Gasteiger partial charge < -0.3 is 15.1 Å². The normalized spacial score (nSPS) is 21.7. The summed E-state index contributed by atoms with van der Waals surface area (Å²) in [7, 11) is 0. The Labute approximate surface area is 111 Å². The smallest absolute Gasteiger partial charge is 0.407 e. The maximum atomic E-state index is 10.9. The van der Waals surface area contributed by atoms with Gasteiger partial charge in [0, 0.05) is 24.0 Å². The minimum Gasteiger partial charge on any atom is -0.465 e. The summed E-state index contributed by atoms with van der Waals surface area (Å²) in [4.78, 5) is 12.3. The van der Waals surface area contributed by atoms with Crippen molar-refractivity contribution in [1.82, 2.24) is 4.90 Å². The van der Waals surface area contributed by atoms with Crippen molar-refractivity contribution in [1.29, 1.82) is 0 Å². The molecular weight excluding hydrogens is 254 g/mol. The first kappa shape index (κ1) is 13.2. The molecule has 0 aliphatic carbocycles. The van der Waals surface area contributed by atoms with Crippen LogP contribution < -0.4 is 0 Å². The van der Waals surface area contributed by atoms with Crippen molar-refractivity contribution >= 4 is 17.7 Å². The molecule has 2 N–H and O–H groups in total. The predicted molar refractivity (Wildman–Crippen MR) is 68.7 cm³/mol. The summed E-state index contributed by atoms with van der Waals surface area (Å²) < 4.78 is 0. The van der Waals surface area contributed by atoms with Crippen molar-refractivity contribution in [3.63, 3.8) is 0 Å². The van der Waals surface area contributed by atoms with Gasteiger partial charge in [0.05, 0.1) is 6.10 Å². The van der Waals surface area contributed by atoms with E-state index in [4.69, 9.17) is 16.7 Å². The molecule has 1 heterocycles. The Kier molecular flexibility index (Phi) is 4.09. The van der Waals surface area contributed by atoms with Gasteiger partial charge in [0.15, 0.2) is 0 Å². The molecular formula is C13H16ClNO3. The van der Waals surface area contributed by atoms with Crippen LogP contribution in [0.1, 0.15) is 24.5 Å². The van der Waals surface area contributed by atoms with Gasteiger partial charge in [-0.15, -0.1) is 0 Å². The van der Waals surface area contributed by atoms with Gasteiger partial charge in [-0.2, -0.15) is 0 Å². The highest BCUT2D eigenvalue weighted by atomic mass is 35.5. The summed E-state index contributed by atoms with van der Waals surface area (Å²) in [5.41, 5.74) is 0.750. The van der Waals surface area contributed by atoms with E-state index in [0.717, 1.165) is 18.4 Å². The van der Waals surface area contributed by atoms with Gasteiger partial charge in [-0.1, -0.05) is 23.7 Å². The molecule has 0 unspecified atom stereocenters. The zero-order valence-electron chi connectivity index (χ0n) is 9.92. The molecule has 4 nitrogen and oxygen atoms in total. The fraction of sp³-hybridized carbons (Fsp3) is 0.462. The zero-order valence-corrected chi connectivity index (χ0v) is 10.7. The van der Waals surface area contributed by atoms with E-state index >= 15 is 0 Å². The molecule has 2 rings (SSSR count). The van der Waals surface area contributed by atoms with Crippen LogP contribution in [0.3, 0.4) is 0 Å². The summed E-state index contributed by atoms with van der Waals surface area (Å²) in [5, 5.41) is 19.8. The van der Waals surface area contributed by atoms with Crippen LogP contribution >= 0.6 is 11.6 Å². The third-order valence-electron chi connectivity index (χ3n) is 3.37. The lowest BCUT2D eigenvalue weighted by atomic mass is 9.89. The van der Waals surface area contributed by atoms with Gasteiger partial charge in [-0.25, -0.2) is 4.79 Å². The number of nitrogens with zero attached hydrogens (tertiary/aromatic N) is 1. The number of piperidine rings is 1. The molecule has 1 aromatic rings. The second-order valence-corrected chi connectivity index (χ2v) is 5.07. The SMILES string of the molecule is O=C(O)N1CCC[C@@H]([C@@H](O)c2cccc(Cl)c2)C1. The highest BCUT2D eigenvalue weighted by molar-refractivity contribution is 6.30. The van der Waals surface area contributed by atoms with Gasteiger partial charge in [-0.05, 0) is 30.5 Å². The van der Waals surface area contributed by atoms with Gasteiger partial charge >= 0.3 is 6.09 Å². The average molecular weight is 270 g/mol. The highest BCUT2D eigenvalue weighted by Crippen LogP contribution is 2.30. The molecule has 2 atom stereocenters. The molecule has 0 radical (unpaired) electrons. The van der Waals surface area contributed by atoms with E-state index in [-0.39, 0.29) is 5.92 Å². The van der Waals surface area contributed by atoms with E-state index in [0.29, 0.717) is 18.1 Å². The number of halogens is 1. The topological polar surface area (TPSA) is 60.8 Å². The Morgan fingerprint density at radius 1 is 1.50 bits per heavy atom. The Bertz CT molecular complexity index is 438. The number of rotatable bonds is 2. The van der Waals surface area contributed by atoms with Crippen LogP contribution in [0.4, 0.5) is 4.79 Å². The van der Waals surface area contributed by atoms with E-state index in [2.05, 4.69) is 0 Å². The van der Waals surface area contributed by atoms with E-state index in [9.17, 15) is 9.90 Å². The lowest BCUT2D eigenvalue weighted by Gasteiger charge is -2.33. The number of likely N-dealkylation sites (tertiary alicyclic amines) is 1. The van der Waals surface area contributed by atoms with Crippen LogP contribution in [0, 0.1) is 5.92 Å². The average Bonchev–Trinajstić information content (AvgIpc) is 2.38. The van der Waals surface area contributed by atoms with E-state index < -0.39 is 12.2 Å². The number of aliphatic hydroxyl groups is 1. The number of carbonyl (C=O) groups is 1. The number of benzene rings is 1. The predicted octanol–water partition coefficient (Wildman–Crippen LogP) is 2.76. The third-order valence-corrected chi connectivity index (χ3v) is 3.60. The van der Waals surface area contributed by atoms with Crippen LogP contribution in [0.2, 0.25) is 5.02 Å². The summed E-state index contributed by atoms with van der Waals surface area (Å²) in [6.45, 7) is 0.928. The molecule has 1 amide bonds. The number of hydrogen-bond donors (Lipinski definition) is 2. The Morgan fingerprint density at radius 3 is 2.94 bits per heavy atom. The van der Waals surface area contributed by atoms with E-state index in [1.54, 1.807) is 18.2 Å². The van der Waals surface area contributed by atoms with Gasteiger partial charge in [0.1, 0.15) is 0 Å². The van der Waals surface area contributed by atoms with Crippen molar-refractivity contribution in [2.24, 2.45) is 5.92 Å². The van der Waals surface area contributed by atoms with Crippen molar-refractivity contribution in [3.8, 4) is 0 Å². The molecule has 5 heteroatoms. The minimum absolute atomic E-state index is 0.0617. The fourth-order valence-corrected chi connectivity index (χ4v) is 2.60. The highest BCUT2D eigenvalue weighted by Gasteiger charge is 2.29. The first-order chi connectivity index (χ1) is 8.58. The van der Waals surface area contributed by atoms with Crippen LogP contribution in [-0.2, 0) is 0 Å². The molecule has 1 saturated heterocycles. The Morgan fingerprint density at radius 2 is 2.28 bits per heavy atom. The molecule has 1 aromatic carbocycles. The van der Waals surface area contributed by atoms with Gasteiger partial charge in [0.2, 0.25) is 0 Å². The van der Waals surface area contributed by atoms with Crippen LogP contribution in [0.25, 0.3) is 0 Å². The molecule has 0 spiro atoms. The van der Waals surface area contributed by atoms with Crippen molar-refractivity contribution in [2.45, 2.75) is 18.9 Å². The first-order valence-electron chi connectivity index (χ1n) is 5.99. The lowest BCUT2D eigenvalue weighted by molar-refractivity contribution is 0.0503. The van der Waals surface area contributed by atoms with Crippen LogP contribution in [-0.4, -0.2) is 34.3 Å². The summed E-state index contributed by atoms with van der Waals surface area (Å²) in [6, 6.07) is 7.09. The van der Waals surface area contributed by atoms with Crippen molar-refractivity contribution in [3.05, 3.63) is 34.9 Å². The standard InChI is InChI=1S/C13H16ClNO3/c14-11-5-1-3-9(7-11)12(16)10-4-2-6-15(8-10)13(17)18/h1,3,5,7,10,12,16H,2,4,6,8H2,(H,17,18)/t10-,12+/m1/s1. The lowest BCUT2D eigenvalue weighted by Crippen LogP contribution is -2.40. The quantitative estimate of drug-likeness (QED) is 0.868. The molecule has 1 aliphatic rings. The first-order valence-corrected chi connectivity index (χ1v) is 6.37. The van der Waals surface area contributed by atoms with E-state index in [1.165, 1.54) is 4.90 Å². The number of carboxylic acid groups (broad SMARTS) is 1. The third kappa shape index (κ3) is 2.94.